The molecular formula is C15H17ClF2N2O3. The lowest BCUT2D eigenvalue weighted by molar-refractivity contribution is -0.143. The number of carboxylic acid groups (broad SMARTS) is 1. The van der Waals surface area contributed by atoms with Crippen LogP contribution in [-0.4, -0.2) is 41.6 Å². The van der Waals surface area contributed by atoms with E-state index in [1.807, 2.05) is 0 Å². The highest BCUT2D eigenvalue weighted by atomic mass is 35.5. The summed E-state index contributed by atoms with van der Waals surface area (Å²) < 4.78 is 28.1. The molecule has 0 atom stereocenters. The fourth-order valence-corrected chi connectivity index (χ4v) is 2.55. The Morgan fingerprint density at radius 1 is 1.26 bits per heavy atom. The number of hydrogen-bond acceptors (Lipinski definition) is 2. The molecule has 2 amide bonds. The minimum absolute atomic E-state index is 0.230. The molecular weight excluding hydrogens is 330 g/mol. The van der Waals surface area contributed by atoms with Crippen LogP contribution in [0.5, 0.6) is 0 Å². The number of carbonyl (C=O) groups excluding carboxylic acids is 1. The van der Waals surface area contributed by atoms with Crippen LogP contribution in [0.4, 0.5) is 13.6 Å². The first-order valence-corrected chi connectivity index (χ1v) is 7.57. The van der Waals surface area contributed by atoms with Crippen molar-refractivity contribution in [3.8, 4) is 0 Å². The average molecular weight is 347 g/mol. The summed E-state index contributed by atoms with van der Waals surface area (Å²) in [6.45, 7) is -0.336. The highest BCUT2D eigenvalue weighted by Crippen LogP contribution is 2.28. The molecule has 1 heterocycles. The summed E-state index contributed by atoms with van der Waals surface area (Å²) in [5.41, 5.74) is -0.230. The predicted molar refractivity (Wildman–Crippen MR) is 80.7 cm³/mol. The molecule has 1 aliphatic rings. The van der Waals surface area contributed by atoms with Crippen molar-refractivity contribution >= 4 is 23.6 Å². The van der Waals surface area contributed by atoms with Crippen LogP contribution >= 0.6 is 11.6 Å². The predicted octanol–water partition coefficient (Wildman–Crippen LogP) is 2.94. The minimum atomic E-state index is -3.21. The fourth-order valence-electron chi connectivity index (χ4n) is 2.42. The van der Waals surface area contributed by atoms with Crippen molar-refractivity contribution in [2.45, 2.75) is 18.8 Å². The van der Waals surface area contributed by atoms with Gasteiger partial charge in [0.15, 0.2) is 0 Å². The molecule has 1 aliphatic heterocycles. The van der Waals surface area contributed by atoms with Gasteiger partial charge < -0.3 is 15.3 Å². The number of nitrogens with zero attached hydrogens (tertiary/aromatic N) is 1. The second-order valence-corrected chi connectivity index (χ2v) is 5.91. The summed E-state index contributed by atoms with van der Waals surface area (Å²) in [5.74, 6) is -4.58. The van der Waals surface area contributed by atoms with Crippen LogP contribution in [0.2, 0.25) is 5.02 Å². The van der Waals surface area contributed by atoms with Crippen molar-refractivity contribution < 1.29 is 23.5 Å². The van der Waals surface area contributed by atoms with E-state index in [2.05, 4.69) is 5.32 Å². The maximum Gasteiger partial charge on any atom is 0.317 e. The van der Waals surface area contributed by atoms with Gasteiger partial charge in [0.1, 0.15) is 0 Å². The molecule has 1 fully saturated rings. The minimum Gasteiger partial charge on any atom is -0.481 e. The Kier molecular flexibility index (Phi) is 5.41. The van der Waals surface area contributed by atoms with Gasteiger partial charge in [-0.05, 0) is 25.0 Å². The Hall–Kier alpha value is -1.89. The Balaban J connectivity index is 1.86. The van der Waals surface area contributed by atoms with Crippen LogP contribution in [-0.2, 0) is 10.7 Å². The Bertz CT molecular complexity index is 573. The molecule has 0 bridgehead atoms. The van der Waals surface area contributed by atoms with Crippen LogP contribution in [0.1, 0.15) is 18.4 Å². The van der Waals surface area contributed by atoms with Gasteiger partial charge in [-0.1, -0.05) is 23.7 Å². The van der Waals surface area contributed by atoms with Crippen LogP contribution in [0.15, 0.2) is 24.3 Å². The van der Waals surface area contributed by atoms with Gasteiger partial charge in [0.05, 0.1) is 12.5 Å². The largest absolute Gasteiger partial charge is 0.481 e. The van der Waals surface area contributed by atoms with Crippen molar-refractivity contribution in [1.29, 1.82) is 0 Å². The van der Waals surface area contributed by atoms with E-state index in [-0.39, 0.29) is 18.7 Å². The number of likely N-dealkylation sites (tertiary alicyclic amines) is 1. The van der Waals surface area contributed by atoms with E-state index in [1.54, 1.807) is 0 Å². The molecule has 126 valence electrons. The molecule has 5 nitrogen and oxygen atoms in total. The van der Waals surface area contributed by atoms with E-state index in [4.69, 9.17) is 16.7 Å². The SMILES string of the molecule is O=C(O)C1CCN(C(=O)NCC(F)(F)c2ccc(Cl)cc2)CC1. The monoisotopic (exact) mass is 346 g/mol. The number of halogens is 3. The number of benzene rings is 1. The topological polar surface area (TPSA) is 69.6 Å². The number of urea groups is 1. The Morgan fingerprint density at radius 2 is 1.83 bits per heavy atom. The van der Waals surface area contributed by atoms with E-state index in [1.165, 1.54) is 29.2 Å². The molecule has 2 N–H and O–H groups in total. The van der Waals surface area contributed by atoms with Gasteiger partial charge in [-0.25, -0.2) is 4.79 Å². The van der Waals surface area contributed by atoms with Gasteiger partial charge in [-0.2, -0.15) is 8.78 Å². The zero-order chi connectivity index (χ0) is 17.0. The molecule has 1 aromatic carbocycles. The number of piperidine rings is 1. The average Bonchev–Trinajstić information content (AvgIpc) is 2.53. The quantitative estimate of drug-likeness (QED) is 0.880. The van der Waals surface area contributed by atoms with E-state index in [0.29, 0.717) is 17.9 Å². The van der Waals surface area contributed by atoms with E-state index in [0.717, 1.165) is 0 Å². The second kappa shape index (κ2) is 7.12. The smallest absolute Gasteiger partial charge is 0.317 e. The van der Waals surface area contributed by atoms with Crippen molar-refractivity contribution in [2.75, 3.05) is 19.6 Å². The summed E-state index contributed by atoms with van der Waals surface area (Å²) in [6, 6.07) is 4.55. The van der Waals surface area contributed by atoms with Gasteiger partial charge in [0, 0.05) is 23.7 Å². The van der Waals surface area contributed by atoms with Crippen LogP contribution in [0.3, 0.4) is 0 Å². The van der Waals surface area contributed by atoms with E-state index >= 15 is 0 Å². The zero-order valence-electron chi connectivity index (χ0n) is 12.3. The van der Waals surface area contributed by atoms with E-state index < -0.39 is 30.4 Å². The van der Waals surface area contributed by atoms with Crippen molar-refractivity contribution in [3.63, 3.8) is 0 Å². The molecule has 0 unspecified atom stereocenters. The Labute approximate surface area is 137 Å². The highest BCUT2D eigenvalue weighted by molar-refractivity contribution is 6.30. The lowest BCUT2D eigenvalue weighted by Crippen LogP contribution is -2.47. The lowest BCUT2D eigenvalue weighted by Gasteiger charge is -2.30. The normalized spacial score (nSPS) is 16.2. The maximum atomic E-state index is 14.0. The number of carbonyl (C=O) groups is 2. The number of amides is 2. The second-order valence-electron chi connectivity index (χ2n) is 5.47. The van der Waals surface area contributed by atoms with Crippen molar-refractivity contribution in [2.24, 2.45) is 5.92 Å². The number of carboxylic acids is 1. The number of aliphatic carboxylic acids is 1. The zero-order valence-corrected chi connectivity index (χ0v) is 13.0. The first-order chi connectivity index (χ1) is 10.8. The molecule has 0 spiro atoms. The molecule has 0 aromatic heterocycles. The van der Waals surface area contributed by atoms with E-state index in [9.17, 15) is 18.4 Å². The lowest BCUT2D eigenvalue weighted by atomic mass is 9.97. The fraction of sp³-hybridized carbons (Fsp3) is 0.467. The maximum absolute atomic E-state index is 14.0. The van der Waals surface area contributed by atoms with Crippen molar-refractivity contribution in [3.05, 3.63) is 34.9 Å². The van der Waals surface area contributed by atoms with Crippen LogP contribution < -0.4 is 5.32 Å². The third-order valence-corrected chi connectivity index (χ3v) is 4.11. The first kappa shape index (κ1) is 17.5. The summed E-state index contributed by atoms with van der Waals surface area (Å²) >= 11 is 5.66. The van der Waals surface area contributed by atoms with Crippen LogP contribution in [0.25, 0.3) is 0 Å². The first-order valence-electron chi connectivity index (χ1n) is 7.19. The van der Waals surface area contributed by atoms with Gasteiger partial charge >= 0.3 is 12.0 Å². The summed E-state index contributed by atoms with van der Waals surface area (Å²) in [6.07, 6.45) is 0.659. The Morgan fingerprint density at radius 3 is 2.35 bits per heavy atom. The molecule has 1 saturated heterocycles. The molecule has 0 aliphatic carbocycles. The molecule has 0 saturated carbocycles. The highest BCUT2D eigenvalue weighted by Gasteiger charge is 2.33. The molecule has 1 aromatic rings. The van der Waals surface area contributed by atoms with Gasteiger partial charge in [0.2, 0.25) is 0 Å². The molecule has 8 heteroatoms. The summed E-state index contributed by atoms with van der Waals surface area (Å²) in [7, 11) is 0. The number of hydrogen-bond donors (Lipinski definition) is 2. The number of rotatable bonds is 4. The molecule has 23 heavy (non-hydrogen) atoms. The third kappa shape index (κ3) is 4.54. The summed E-state index contributed by atoms with van der Waals surface area (Å²) in [4.78, 5) is 24.1. The molecule has 2 rings (SSSR count). The van der Waals surface area contributed by atoms with Gasteiger partial charge in [-0.3, -0.25) is 4.79 Å². The van der Waals surface area contributed by atoms with Gasteiger partial charge in [0.25, 0.3) is 5.92 Å². The molecule has 0 radical (unpaired) electrons. The standard InChI is InChI=1S/C15H17ClF2N2O3/c16-12-3-1-11(2-4-12)15(17,18)9-19-14(23)20-7-5-10(6-8-20)13(21)22/h1-4,10H,5-9H2,(H,19,23)(H,21,22). The number of alkyl halides is 2. The number of nitrogens with one attached hydrogen (secondary N) is 1. The van der Waals surface area contributed by atoms with Gasteiger partial charge in [-0.15, -0.1) is 0 Å². The third-order valence-electron chi connectivity index (χ3n) is 3.86. The van der Waals surface area contributed by atoms with Crippen LogP contribution in [0, 0.1) is 5.92 Å². The summed E-state index contributed by atoms with van der Waals surface area (Å²) in [5, 5.41) is 11.5. The van der Waals surface area contributed by atoms with Crippen molar-refractivity contribution in [1.82, 2.24) is 10.2 Å².